The Morgan fingerprint density at radius 3 is 2.71 bits per heavy atom. The molecule has 21 heavy (non-hydrogen) atoms. The molecule has 0 radical (unpaired) electrons. The molecule has 2 heterocycles. The van der Waals surface area contributed by atoms with E-state index in [-0.39, 0.29) is 0 Å². The van der Waals surface area contributed by atoms with Gasteiger partial charge >= 0.3 is 0 Å². The maximum absolute atomic E-state index is 4.84. The van der Waals surface area contributed by atoms with E-state index < -0.39 is 0 Å². The largest absolute Gasteiger partial charge is 0.383 e. The number of pyridine rings is 1. The molecule has 1 aliphatic heterocycles. The first-order chi connectivity index (χ1) is 10.2. The first kappa shape index (κ1) is 14.1. The predicted molar refractivity (Wildman–Crippen MR) is 90.2 cm³/mol. The second-order valence-electron chi connectivity index (χ2n) is 5.97. The van der Waals surface area contributed by atoms with Gasteiger partial charge in [0.1, 0.15) is 5.82 Å². The average molecular weight is 284 g/mol. The Morgan fingerprint density at radius 2 is 1.95 bits per heavy atom. The Bertz CT molecular complexity index is 603. The van der Waals surface area contributed by atoms with E-state index in [0.29, 0.717) is 0 Å². The van der Waals surface area contributed by atoms with Gasteiger partial charge in [0.2, 0.25) is 0 Å². The van der Waals surface area contributed by atoms with Gasteiger partial charge in [0.15, 0.2) is 0 Å². The summed E-state index contributed by atoms with van der Waals surface area (Å²) < 4.78 is 0. The number of nitrogens with zero attached hydrogens (tertiary/aromatic N) is 3. The highest BCUT2D eigenvalue weighted by Gasteiger charge is 2.15. The lowest BCUT2D eigenvalue weighted by molar-refractivity contribution is 0.425. The first-order valence-electron chi connectivity index (χ1n) is 7.77. The van der Waals surface area contributed by atoms with Gasteiger partial charge < -0.3 is 15.1 Å². The van der Waals surface area contributed by atoms with E-state index in [4.69, 9.17) is 4.98 Å². The van der Waals surface area contributed by atoms with Crippen molar-refractivity contribution in [2.24, 2.45) is 0 Å². The number of aromatic nitrogens is 1. The van der Waals surface area contributed by atoms with Gasteiger partial charge in [0, 0.05) is 43.3 Å². The number of fused-ring (bicyclic) bond motifs is 1. The highest BCUT2D eigenvalue weighted by molar-refractivity contribution is 5.93. The van der Waals surface area contributed by atoms with Gasteiger partial charge in [-0.1, -0.05) is 18.2 Å². The fourth-order valence-electron chi connectivity index (χ4n) is 2.83. The lowest BCUT2D eigenvalue weighted by Crippen LogP contribution is -2.22. The van der Waals surface area contributed by atoms with E-state index in [0.717, 1.165) is 37.5 Å². The molecule has 2 aromatic rings. The van der Waals surface area contributed by atoms with Crippen LogP contribution in [0.15, 0.2) is 30.3 Å². The van der Waals surface area contributed by atoms with E-state index in [2.05, 4.69) is 59.5 Å². The predicted octanol–water partition coefficient (Wildman–Crippen LogP) is 2.81. The molecule has 112 valence electrons. The van der Waals surface area contributed by atoms with Crippen LogP contribution in [0.4, 0.5) is 11.5 Å². The minimum absolute atomic E-state index is 0.945. The summed E-state index contributed by atoms with van der Waals surface area (Å²) in [6, 6.07) is 10.6. The van der Waals surface area contributed by atoms with Crippen molar-refractivity contribution in [3.8, 4) is 0 Å². The molecular formula is C17H24N4. The third-order valence-electron chi connectivity index (χ3n) is 4.01. The van der Waals surface area contributed by atoms with Crippen molar-refractivity contribution >= 4 is 22.4 Å². The molecule has 0 atom stereocenters. The number of anilines is 2. The lowest BCUT2D eigenvalue weighted by atomic mass is 10.1. The Morgan fingerprint density at radius 1 is 1.19 bits per heavy atom. The van der Waals surface area contributed by atoms with Crippen LogP contribution in [-0.4, -0.2) is 50.2 Å². The van der Waals surface area contributed by atoms with E-state index in [1.165, 1.54) is 23.9 Å². The standard InChI is InChI=1S/C17H24N4/c1-20(2)12-9-18-16-13-17(21-10-5-6-11-21)19-15-8-4-3-7-14(15)16/h3-4,7-8,13H,5-6,9-12H2,1-2H3,(H,18,19). The van der Waals surface area contributed by atoms with Crippen molar-refractivity contribution < 1.29 is 0 Å². The molecule has 1 N–H and O–H groups in total. The number of hydrogen-bond donors (Lipinski definition) is 1. The number of para-hydroxylation sites is 1. The molecule has 3 rings (SSSR count). The molecule has 0 amide bonds. The van der Waals surface area contributed by atoms with Crippen LogP contribution in [0.2, 0.25) is 0 Å². The number of rotatable bonds is 5. The normalized spacial score (nSPS) is 15.1. The summed E-state index contributed by atoms with van der Waals surface area (Å²) in [7, 11) is 4.20. The number of hydrogen-bond acceptors (Lipinski definition) is 4. The maximum Gasteiger partial charge on any atom is 0.131 e. The van der Waals surface area contributed by atoms with E-state index in [1.807, 2.05) is 0 Å². The van der Waals surface area contributed by atoms with Gasteiger partial charge in [0.25, 0.3) is 0 Å². The zero-order valence-corrected chi connectivity index (χ0v) is 13.0. The van der Waals surface area contributed by atoms with Crippen molar-refractivity contribution in [3.05, 3.63) is 30.3 Å². The van der Waals surface area contributed by atoms with Crippen LogP contribution in [0, 0.1) is 0 Å². The van der Waals surface area contributed by atoms with E-state index >= 15 is 0 Å². The van der Waals surface area contributed by atoms with E-state index in [1.54, 1.807) is 0 Å². The zero-order valence-electron chi connectivity index (χ0n) is 13.0. The van der Waals surface area contributed by atoms with Crippen molar-refractivity contribution in [2.45, 2.75) is 12.8 Å². The summed E-state index contributed by atoms with van der Waals surface area (Å²) in [5, 5.41) is 4.78. The zero-order chi connectivity index (χ0) is 14.7. The first-order valence-corrected chi connectivity index (χ1v) is 7.77. The Kier molecular flexibility index (Phi) is 4.25. The van der Waals surface area contributed by atoms with Gasteiger partial charge in [-0.15, -0.1) is 0 Å². The Balaban J connectivity index is 1.91. The summed E-state index contributed by atoms with van der Waals surface area (Å²) in [6.45, 7) is 4.22. The van der Waals surface area contributed by atoms with Gasteiger partial charge in [-0.05, 0) is 33.0 Å². The second kappa shape index (κ2) is 6.31. The summed E-state index contributed by atoms with van der Waals surface area (Å²) in [5.41, 5.74) is 2.28. The molecule has 0 spiro atoms. The fraction of sp³-hybridized carbons (Fsp3) is 0.471. The molecule has 0 bridgehead atoms. The minimum atomic E-state index is 0.945. The smallest absolute Gasteiger partial charge is 0.131 e. The summed E-state index contributed by atoms with van der Waals surface area (Å²) in [4.78, 5) is 9.42. The van der Waals surface area contributed by atoms with Gasteiger partial charge in [-0.3, -0.25) is 0 Å². The number of benzene rings is 1. The van der Waals surface area contributed by atoms with Crippen LogP contribution in [0.1, 0.15) is 12.8 Å². The average Bonchev–Trinajstić information content (AvgIpc) is 3.01. The van der Waals surface area contributed by atoms with Crippen molar-refractivity contribution in [2.75, 3.05) is 50.5 Å². The van der Waals surface area contributed by atoms with Crippen LogP contribution in [0.5, 0.6) is 0 Å². The highest BCUT2D eigenvalue weighted by Crippen LogP contribution is 2.28. The lowest BCUT2D eigenvalue weighted by Gasteiger charge is -2.19. The van der Waals surface area contributed by atoms with Crippen LogP contribution in [0.3, 0.4) is 0 Å². The Hall–Kier alpha value is -1.81. The monoisotopic (exact) mass is 284 g/mol. The van der Waals surface area contributed by atoms with Crippen LogP contribution < -0.4 is 10.2 Å². The topological polar surface area (TPSA) is 31.4 Å². The van der Waals surface area contributed by atoms with E-state index in [9.17, 15) is 0 Å². The second-order valence-corrected chi connectivity index (χ2v) is 5.97. The number of likely N-dealkylation sites (N-methyl/N-ethyl adjacent to an activating group) is 1. The third kappa shape index (κ3) is 3.27. The minimum Gasteiger partial charge on any atom is -0.383 e. The van der Waals surface area contributed by atoms with Gasteiger partial charge in [-0.25, -0.2) is 4.98 Å². The quantitative estimate of drug-likeness (QED) is 0.915. The van der Waals surface area contributed by atoms with Crippen LogP contribution in [-0.2, 0) is 0 Å². The molecule has 1 aliphatic rings. The van der Waals surface area contributed by atoms with Gasteiger partial charge in [-0.2, -0.15) is 0 Å². The summed E-state index contributed by atoms with van der Waals surface area (Å²) in [6.07, 6.45) is 2.55. The molecular weight excluding hydrogens is 260 g/mol. The summed E-state index contributed by atoms with van der Waals surface area (Å²) in [5.74, 6) is 1.11. The highest BCUT2D eigenvalue weighted by atomic mass is 15.2. The molecule has 1 aromatic carbocycles. The van der Waals surface area contributed by atoms with Crippen molar-refractivity contribution in [1.29, 1.82) is 0 Å². The molecule has 1 aromatic heterocycles. The fourth-order valence-corrected chi connectivity index (χ4v) is 2.83. The van der Waals surface area contributed by atoms with Gasteiger partial charge in [0.05, 0.1) is 5.52 Å². The molecule has 4 heteroatoms. The molecule has 1 saturated heterocycles. The Labute approximate surface area is 126 Å². The molecule has 1 fully saturated rings. The number of nitrogens with one attached hydrogen (secondary N) is 1. The third-order valence-corrected chi connectivity index (χ3v) is 4.01. The summed E-state index contributed by atoms with van der Waals surface area (Å²) >= 11 is 0. The molecule has 0 aliphatic carbocycles. The molecule has 4 nitrogen and oxygen atoms in total. The van der Waals surface area contributed by atoms with Crippen molar-refractivity contribution in [3.63, 3.8) is 0 Å². The molecule has 0 unspecified atom stereocenters. The van der Waals surface area contributed by atoms with Crippen LogP contribution >= 0.6 is 0 Å². The van der Waals surface area contributed by atoms with Crippen molar-refractivity contribution in [1.82, 2.24) is 9.88 Å². The molecule has 0 saturated carbocycles. The SMILES string of the molecule is CN(C)CCNc1cc(N2CCCC2)nc2ccccc12. The van der Waals surface area contributed by atoms with Crippen LogP contribution in [0.25, 0.3) is 10.9 Å². The maximum atomic E-state index is 4.84.